The van der Waals surface area contributed by atoms with Gasteiger partial charge in [0.05, 0.1) is 49.0 Å². The first-order valence-electron chi connectivity index (χ1n) is 12.8. The van der Waals surface area contributed by atoms with Gasteiger partial charge in [0, 0.05) is 32.9 Å². The fraction of sp³-hybridized carbons (Fsp3) is 0.536. The molecule has 1 saturated heterocycles. The van der Waals surface area contributed by atoms with Crippen molar-refractivity contribution in [3.63, 3.8) is 0 Å². The van der Waals surface area contributed by atoms with Crippen molar-refractivity contribution in [2.24, 2.45) is 5.92 Å². The molecule has 0 bridgehead atoms. The summed E-state index contributed by atoms with van der Waals surface area (Å²) in [4.78, 5) is 2.65. The lowest BCUT2D eigenvalue weighted by atomic mass is 10.0. The number of rotatable bonds is 10. The van der Waals surface area contributed by atoms with E-state index < -0.39 is 0 Å². The minimum atomic E-state index is 0.490. The second kappa shape index (κ2) is 10.5. The van der Waals surface area contributed by atoms with E-state index in [9.17, 15) is 0 Å². The van der Waals surface area contributed by atoms with Crippen LogP contribution in [0, 0.1) is 5.92 Å². The van der Waals surface area contributed by atoms with Gasteiger partial charge in [-0.3, -0.25) is 0 Å². The lowest BCUT2D eigenvalue weighted by Crippen LogP contribution is -2.41. The van der Waals surface area contributed by atoms with Gasteiger partial charge < -0.3 is 23.8 Å². The third-order valence-corrected chi connectivity index (χ3v) is 7.24. The molecule has 0 radical (unpaired) electrons. The summed E-state index contributed by atoms with van der Waals surface area (Å²) in [6, 6.07) is 10.9. The lowest BCUT2D eigenvalue weighted by Gasteiger charge is -2.36. The molecule has 0 unspecified atom stereocenters. The second-order valence-electron chi connectivity index (χ2n) is 9.60. The highest BCUT2D eigenvalue weighted by atomic mass is 16.5. The van der Waals surface area contributed by atoms with Gasteiger partial charge in [0.2, 0.25) is 0 Å². The zero-order chi connectivity index (χ0) is 24.4. The molecule has 5 rings (SSSR count). The van der Waals surface area contributed by atoms with Gasteiger partial charge in [-0.2, -0.15) is 5.10 Å². The molecule has 1 aromatic carbocycles. The van der Waals surface area contributed by atoms with Crippen LogP contribution in [0.5, 0.6) is 11.5 Å². The molecule has 1 aliphatic heterocycles. The van der Waals surface area contributed by atoms with Crippen molar-refractivity contribution < 1.29 is 18.9 Å². The molecule has 35 heavy (non-hydrogen) atoms. The monoisotopic (exact) mass is 479 g/mol. The summed E-state index contributed by atoms with van der Waals surface area (Å²) in [5.41, 5.74) is 6.41. The Balaban J connectivity index is 1.67. The Hall–Kier alpha value is -2.77. The molecule has 188 valence electrons. The Morgan fingerprint density at radius 2 is 1.74 bits per heavy atom. The SMILES string of the molecule is CCc1nn2c(-c3c(OC)cc(COC)cc3OC)cccc2c1N(CC1CC1)C1CCOCC1. The van der Waals surface area contributed by atoms with Gasteiger partial charge >= 0.3 is 0 Å². The third kappa shape index (κ3) is 4.71. The van der Waals surface area contributed by atoms with Crippen LogP contribution in [-0.2, 0) is 22.5 Å². The summed E-state index contributed by atoms with van der Waals surface area (Å²) in [7, 11) is 5.09. The Kier molecular flexibility index (Phi) is 7.16. The molecule has 7 nitrogen and oxygen atoms in total. The minimum Gasteiger partial charge on any atom is -0.496 e. The topological polar surface area (TPSA) is 57.5 Å². The molecule has 3 aromatic rings. The van der Waals surface area contributed by atoms with E-state index in [0.717, 1.165) is 84.5 Å². The summed E-state index contributed by atoms with van der Waals surface area (Å²) in [5.74, 6) is 2.28. The Morgan fingerprint density at radius 3 is 2.34 bits per heavy atom. The van der Waals surface area contributed by atoms with E-state index in [0.29, 0.717) is 12.6 Å². The number of hydrogen-bond acceptors (Lipinski definition) is 6. The third-order valence-electron chi connectivity index (χ3n) is 7.24. The molecule has 2 aromatic heterocycles. The van der Waals surface area contributed by atoms with E-state index in [1.807, 2.05) is 12.1 Å². The van der Waals surface area contributed by atoms with E-state index in [-0.39, 0.29) is 0 Å². The number of benzene rings is 1. The summed E-state index contributed by atoms with van der Waals surface area (Å²) >= 11 is 0. The molecule has 0 N–H and O–H groups in total. The van der Waals surface area contributed by atoms with Gasteiger partial charge in [-0.05, 0) is 67.9 Å². The van der Waals surface area contributed by atoms with Gasteiger partial charge in [-0.15, -0.1) is 0 Å². The molecule has 7 heteroatoms. The molecular weight excluding hydrogens is 442 g/mol. The predicted octanol–water partition coefficient (Wildman–Crippen LogP) is 5.12. The zero-order valence-corrected chi connectivity index (χ0v) is 21.4. The van der Waals surface area contributed by atoms with Gasteiger partial charge in [0.25, 0.3) is 0 Å². The van der Waals surface area contributed by atoms with Crippen LogP contribution in [0.1, 0.15) is 43.9 Å². The molecule has 0 atom stereocenters. The molecule has 1 saturated carbocycles. The maximum Gasteiger partial charge on any atom is 0.132 e. The van der Waals surface area contributed by atoms with Crippen molar-refractivity contribution in [1.82, 2.24) is 9.61 Å². The van der Waals surface area contributed by atoms with Gasteiger partial charge in [0.1, 0.15) is 11.5 Å². The largest absolute Gasteiger partial charge is 0.496 e. The highest BCUT2D eigenvalue weighted by Gasteiger charge is 2.33. The van der Waals surface area contributed by atoms with Crippen molar-refractivity contribution in [3.8, 4) is 22.8 Å². The number of hydrogen-bond donors (Lipinski definition) is 0. The van der Waals surface area contributed by atoms with E-state index >= 15 is 0 Å². The van der Waals surface area contributed by atoms with Crippen LogP contribution in [0.4, 0.5) is 5.69 Å². The number of fused-ring (bicyclic) bond motifs is 1. The molecule has 1 aliphatic carbocycles. The Morgan fingerprint density at radius 1 is 1.03 bits per heavy atom. The van der Waals surface area contributed by atoms with E-state index in [1.165, 1.54) is 18.5 Å². The normalized spacial score (nSPS) is 16.6. The van der Waals surface area contributed by atoms with Gasteiger partial charge in [-0.1, -0.05) is 13.0 Å². The van der Waals surface area contributed by atoms with Crippen molar-refractivity contribution in [2.45, 2.75) is 51.7 Å². The Labute approximate surface area is 207 Å². The lowest BCUT2D eigenvalue weighted by molar-refractivity contribution is 0.0842. The van der Waals surface area contributed by atoms with Crippen molar-refractivity contribution in [1.29, 1.82) is 0 Å². The summed E-state index contributed by atoms with van der Waals surface area (Å²) in [6.45, 7) is 5.46. The van der Waals surface area contributed by atoms with Gasteiger partial charge in [0.15, 0.2) is 0 Å². The van der Waals surface area contributed by atoms with Crippen LogP contribution in [0.15, 0.2) is 30.3 Å². The van der Waals surface area contributed by atoms with Crippen LogP contribution in [-0.4, -0.2) is 56.7 Å². The van der Waals surface area contributed by atoms with E-state index in [4.69, 9.17) is 24.0 Å². The number of nitrogens with zero attached hydrogens (tertiary/aromatic N) is 3. The van der Waals surface area contributed by atoms with Crippen LogP contribution in [0.3, 0.4) is 0 Å². The highest BCUT2D eigenvalue weighted by Crippen LogP contribution is 2.42. The first-order valence-corrected chi connectivity index (χ1v) is 12.8. The average Bonchev–Trinajstić information content (AvgIpc) is 3.65. The molecule has 2 fully saturated rings. The maximum atomic E-state index is 5.84. The van der Waals surface area contributed by atoms with Crippen LogP contribution in [0.25, 0.3) is 16.8 Å². The second-order valence-corrected chi connectivity index (χ2v) is 9.60. The van der Waals surface area contributed by atoms with Crippen molar-refractivity contribution in [2.75, 3.05) is 46.0 Å². The predicted molar refractivity (Wildman–Crippen MR) is 138 cm³/mol. The molecule has 2 aliphatic rings. The number of anilines is 1. The first kappa shape index (κ1) is 23.9. The molecule has 0 spiro atoms. The average molecular weight is 480 g/mol. The highest BCUT2D eigenvalue weighted by molar-refractivity contribution is 5.83. The van der Waals surface area contributed by atoms with Crippen LogP contribution in [0.2, 0.25) is 0 Å². The van der Waals surface area contributed by atoms with Crippen molar-refractivity contribution >= 4 is 11.2 Å². The van der Waals surface area contributed by atoms with E-state index in [2.05, 4.69) is 34.5 Å². The number of ether oxygens (including phenoxy) is 4. The summed E-state index contributed by atoms with van der Waals surface area (Å²) < 4.78 is 24.8. The zero-order valence-electron chi connectivity index (χ0n) is 21.4. The number of methoxy groups -OCH3 is 3. The van der Waals surface area contributed by atoms with Crippen molar-refractivity contribution in [3.05, 3.63) is 41.6 Å². The minimum absolute atomic E-state index is 0.490. The fourth-order valence-electron chi connectivity index (χ4n) is 5.31. The smallest absolute Gasteiger partial charge is 0.132 e. The molecular formula is C28H37N3O4. The summed E-state index contributed by atoms with van der Waals surface area (Å²) in [6.07, 6.45) is 5.66. The van der Waals surface area contributed by atoms with Gasteiger partial charge in [-0.25, -0.2) is 4.52 Å². The number of pyridine rings is 1. The molecule has 0 amide bonds. The maximum absolute atomic E-state index is 5.84. The molecule has 3 heterocycles. The first-order chi connectivity index (χ1) is 17.2. The number of aryl methyl sites for hydroxylation is 1. The van der Waals surface area contributed by atoms with Crippen LogP contribution >= 0.6 is 0 Å². The quantitative estimate of drug-likeness (QED) is 0.402. The Bertz CT molecular complexity index is 1140. The van der Waals surface area contributed by atoms with E-state index in [1.54, 1.807) is 21.3 Å². The van der Waals surface area contributed by atoms with Crippen LogP contribution < -0.4 is 14.4 Å². The summed E-state index contributed by atoms with van der Waals surface area (Å²) in [5, 5.41) is 5.17. The standard InChI is InChI=1S/C28H37N3O4/c1-5-22-28(30(17-19-9-10-19)21-11-13-35-14-12-21)24-8-6-7-23(31(24)29-22)27-25(33-3)15-20(18-32-2)16-26(27)34-4/h6-8,15-16,19,21H,5,9-14,17-18H2,1-4H3. The number of aromatic nitrogens is 2. The fourth-order valence-corrected chi connectivity index (χ4v) is 5.31.